The summed E-state index contributed by atoms with van der Waals surface area (Å²) in [6.07, 6.45) is 1.22. The average Bonchev–Trinajstić information content (AvgIpc) is 2.27. The van der Waals surface area contributed by atoms with Crippen molar-refractivity contribution in [3.8, 4) is 0 Å². The lowest BCUT2D eigenvalue weighted by Gasteiger charge is -2.12. The van der Waals surface area contributed by atoms with Gasteiger partial charge in [-0.1, -0.05) is 13.8 Å². The molecule has 0 heterocycles. The molecule has 0 aromatic carbocycles. The largest absolute Gasteiger partial charge is 0.355 e. The van der Waals surface area contributed by atoms with E-state index in [2.05, 4.69) is 10.6 Å². The van der Waals surface area contributed by atoms with Crippen LogP contribution in [0, 0.1) is 5.92 Å². The molecule has 2 atom stereocenters. The normalized spacial score (nSPS) is 14.0. The second kappa shape index (κ2) is 8.10. The van der Waals surface area contributed by atoms with Gasteiger partial charge in [-0.25, -0.2) is 0 Å². The minimum absolute atomic E-state index is 0.0324. The topological polar surface area (TPSA) is 84.2 Å². The Morgan fingerprint density at radius 2 is 1.94 bits per heavy atom. The Hall–Kier alpha value is -1.10. The second-order valence-electron chi connectivity index (χ2n) is 4.05. The van der Waals surface area contributed by atoms with Crippen LogP contribution in [0.2, 0.25) is 0 Å². The van der Waals surface area contributed by atoms with E-state index in [1.807, 2.05) is 13.8 Å². The van der Waals surface area contributed by atoms with Crippen LogP contribution in [0.4, 0.5) is 0 Å². The van der Waals surface area contributed by atoms with Gasteiger partial charge in [0.05, 0.1) is 0 Å². The molecule has 5 heteroatoms. The smallest absolute Gasteiger partial charge is 0.224 e. The van der Waals surface area contributed by atoms with Crippen LogP contribution in [0.3, 0.4) is 0 Å². The maximum Gasteiger partial charge on any atom is 0.224 e. The number of nitrogens with one attached hydrogen (secondary N) is 2. The van der Waals surface area contributed by atoms with E-state index in [0.717, 1.165) is 6.42 Å². The summed E-state index contributed by atoms with van der Waals surface area (Å²) in [4.78, 5) is 22.7. The van der Waals surface area contributed by atoms with Gasteiger partial charge in [0.25, 0.3) is 0 Å². The van der Waals surface area contributed by atoms with Gasteiger partial charge in [0.15, 0.2) is 0 Å². The number of carbonyl (C=O) groups is 2. The molecule has 0 radical (unpaired) electrons. The molecular weight excluding hydrogens is 206 g/mol. The van der Waals surface area contributed by atoms with Gasteiger partial charge in [0, 0.05) is 31.5 Å². The van der Waals surface area contributed by atoms with Crippen molar-refractivity contribution >= 4 is 11.8 Å². The van der Waals surface area contributed by atoms with Gasteiger partial charge in [-0.15, -0.1) is 0 Å². The molecule has 0 saturated heterocycles. The Morgan fingerprint density at radius 3 is 2.44 bits per heavy atom. The fourth-order valence-electron chi connectivity index (χ4n) is 1.03. The molecule has 94 valence electrons. The summed E-state index contributed by atoms with van der Waals surface area (Å²) in [5.74, 6) is -0.327. The Balaban J connectivity index is 3.66. The molecule has 0 aromatic rings. The molecular formula is C11H23N3O2. The number of amides is 2. The Labute approximate surface area is 97.2 Å². The quantitative estimate of drug-likeness (QED) is 0.574. The molecule has 16 heavy (non-hydrogen) atoms. The van der Waals surface area contributed by atoms with E-state index in [4.69, 9.17) is 5.73 Å². The van der Waals surface area contributed by atoms with Gasteiger partial charge in [0.1, 0.15) is 0 Å². The summed E-state index contributed by atoms with van der Waals surface area (Å²) in [6, 6.07) is 0.186. The average molecular weight is 229 g/mol. The predicted octanol–water partition coefficient (Wildman–Crippen LogP) is 0.00220. The lowest BCUT2D eigenvalue weighted by molar-refractivity contribution is -0.124. The molecule has 2 unspecified atom stereocenters. The lowest BCUT2D eigenvalue weighted by atomic mass is 10.1. The van der Waals surface area contributed by atoms with Crippen LogP contribution in [0.1, 0.15) is 33.6 Å². The zero-order chi connectivity index (χ0) is 12.6. The molecule has 4 N–H and O–H groups in total. The third kappa shape index (κ3) is 6.40. The number of rotatable bonds is 7. The van der Waals surface area contributed by atoms with Crippen molar-refractivity contribution in [1.29, 1.82) is 0 Å². The van der Waals surface area contributed by atoms with Gasteiger partial charge in [0.2, 0.25) is 11.8 Å². The van der Waals surface area contributed by atoms with Crippen molar-refractivity contribution in [2.45, 2.75) is 39.7 Å². The first-order chi connectivity index (χ1) is 7.51. The second-order valence-corrected chi connectivity index (χ2v) is 4.05. The Morgan fingerprint density at radius 1 is 1.31 bits per heavy atom. The van der Waals surface area contributed by atoms with E-state index in [1.165, 1.54) is 0 Å². The molecule has 0 fully saturated rings. The summed E-state index contributed by atoms with van der Waals surface area (Å²) in [7, 11) is 0. The fourth-order valence-corrected chi connectivity index (χ4v) is 1.03. The minimum Gasteiger partial charge on any atom is -0.355 e. The first-order valence-electron chi connectivity index (χ1n) is 5.78. The summed E-state index contributed by atoms with van der Waals surface area (Å²) in [6.45, 7) is 6.41. The third-order valence-electron chi connectivity index (χ3n) is 2.47. The summed E-state index contributed by atoms with van der Waals surface area (Å²) in [5, 5.41) is 5.51. The molecule has 0 spiro atoms. The van der Waals surface area contributed by atoms with Crippen LogP contribution in [0.15, 0.2) is 0 Å². The van der Waals surface area contributed by atoms with Crippen LogP contribution in [0.5, 0.6) is 0 Å². The van der Waals surface area contributed by atoms with Gasteiger partial charge in [-0.05, 0) is 13.3 Å². The van der Waals surface area contributed by atoms with E-state index < -0.39 is 0 Å². The van der Waals surface area contributed by atoms with E-state index in [1.54, 1.807) is 6.92 Å². The zero-order valence-electron chi connectivity index (χ0n) is 10.4. The van der Waals surface area contributed by atoms with Crippen molar-refractivity contribution in [3.63, 3.8) is 0 Å². The number of hydrogen-bond donors (Lipinski definition) is 3. The molecule has 0 aliphatic heterocycles. The maximum absolute atomic E-state index is 11.3. The van der Waals surface area contributed by atoms with Crippen LogP contribution in [-0.2, 0) is 9.59 Å². The van der Waals surface area contributed by atoms with E-state index in [-0.39, 0.29) is 23.8 Å². The Kier molecular flexibility index (Phi) is 7.54. The highest BCUT2D eigenvalue weighted by atomic mass is 16.2. The van der Waals surface area contributed by atoms with Gasteiger partial charge >= 0.3 is 0 Å². The van der Waals surface area contributed by atoms with Crippen LogP contribution in [0.25, 0.3) is 0 Å². The number of carbonyl (C=O) groups excluding carboxylic acids is 2. The molecule has 2 amide bonds. The molecule has 5 nitrogen and oxygen atoms in total. The van der Waals surface area contributed by atoms with Crippen molar-refractivity contribution in [3.05, 3.63) is 0 Å². The highest BCUT2D eigenvalue weighted by Gasteiger charge is 2.11. The monoisotopic (exact) mass is 229 g/mol. The van der Waals surface area contributed by atoms with Gasteiger partial charge < -0.3 is 16.4 Å². The van der Waals surface area contributed by atoms with Crippen LogP contribution < -0.4 is 16.4 Å². The highest BCUT2D eigenvalue weighted by Crippen LogP contribution is 1.92. The van der Waals surface area contributed by atoms with Crippen LogP contribution in [-0.4, -0.2) is 30.9 Å². The van der Waals surface area contributed by atoms with Gasteiger partial charge in [-0.3, -0.25) is 9.59 Å². The molecule has 0 aliphatic carbocycles. The molecule has 0 saturated carbocycles. The maximum atomic E-state index is 11.3. The van der Waals surface area contributed by atoms with E-state index in [0.29, 0.717) is 19.5 Å². The zero-order valence-corrected chi connectivity index (χ0v) is 10.4. The van der Waals surface area contributed by atoms with E-state index in [9.17, 15) is 9.59 Å². The summed E-state index contributed by atoms with van der Waals surface area (Å²) >= 11 is 0. The van der Waals surface area contributed by atoms with E-state index >= 15 is 0 Å². The standard InChI is InChI=1S/C11H23N3O2/c1-4-9(3)14-10(15)5-6-13-11(16)8(2)7-12/h8-9H,4-7,12H2,1-3H3,(H,13,16)(H,14,15). The highest BCUT2D eigenvalue weighted by molar-refractivity contribution is 5.80. The lowest BCUT2D eigenvalue weighted by Crippen LogP contribution is -2.37. The first-order valence-corrected chi connectivity index (χ1v) is 5.78. The predicted molar refractivity (Wildman–Crippen MR) is 63.7 cm³/mol. The Bertz CT molecular complexity index is 231. The van der Waals surface area contributed by atoms with Crippen molar-refractivity contribution in [1.82, 2.24) is 10.6 Å². The summed E-state index contributed by atoms with van der Waals surface area (Å²) in [5.41, 5.74) is 5.35. The van der Waals surface area contributed by atoms with Gasteiger partial charge in [-0.2, -0.15) is 0 Å². The first kappa shape index (κ1) is 14.9. The number of hydrogen-bond acceptors (Lipinski definition) is 3. The SMILES string of the molecule is CCC(C)NC(=O)CCNC(=O)C(C)CN. The fraction of sp³-hybridized carbons (Fsp3) is 0.818. The molecule has 0 rings (SSSR count). The number of nitrogens with two attached hydrogens (primary N) is 1. The summed E-state index contributed by atoms with van der Waals surface area (Å²) < 4.78 is 0. The molecule has 0 aliphatic rings. The molecule has 0 bridgehead atoms. The third-order valence-corrected chi connectivity index (χ3v) is 2.47. The van der Waals surface area contributed by atoms with Crippen molar-refractivity contribution in [2.75, 3.05) is 13.1 Å². The van der Waals surface area contributed by atoms with Crippen LogP contribution >= 0.6 is 0 Å². The minimum atomic E-state index is -0.197. The van der Waals surface area contributed by atoms with Crippen molar-refractivity contribution < 1.29 is 9.59 Å². The molecule has 0 aromatic heterocycles. The van der Waals surface area contributed by atoms with Crippen molar-refractivity contribution in [2.24, 2.45) is 11.7 Å².